The van der Waals surface area contributed by atoms with Gasteiger partial charge in [0.15, 0.2) is 6.61 Å². The largest absolute Gasteiger partial charge is 0.455 e. The van der Waals surface area contributed by atoms with Crippen LogP contribution >= 0.6 is 0 Å². The van der Waals surface area contributed by atoms with Crippen LogP contribution < -0.4 is 10.6 Å². The molecule has 3 rings (SSSR count). The van der Waals surface area contributed by atoms with E-state index in [-0.39, 0.29) is 30.8 Å². The zero-order chi connectivity index (χ0) is 24.9. The lowest BCUT2D eigenvalue weighted by molar-refractivity contribution is -0.153. The van der Waals surface area contributed by atoms with Crippen LogP contribution in [0.1, 0.15) is 24.0 Å². The number of amides is 3. The maximum Gasteiger partial charge on any atom is 0.325 e. The zero-order valence-electron chi connectivity index (χ0n) is 18.8. The molecule has 1 aliphatic heterocycles. The lowest BCUT2D eigenvalue weighted by Crippen LogP contribution is -2.41. The Labute approximate surface area is 197 Å². The number of hydrogen-bond acceptors (Lipinski definition) is 6. The molecule has 0 saturated carbocycles. The first-order chi connectivity index (χ1) is 16.1. The molecule has 1 fully saturated rings. The molecule has 34 heavy (non-hydrogen) atoms. The summed E-state index contributed by atoms with van der Waals surface area (Å²) in [5.41, 5.74) is 2.56. The molecular weight excluding hydrogens is 465 g/mol. The van der Waals surface area contributed by atoms with E-state index < -0.39 is 46.3 Å². The van der Waals surface area contributed by atoms with Crippen LogP contribution in [0.5, 0.6) is 0 Å². The van der Waals surface area contributed by atoms with Crippen LogP contribution in [0.3, 0.4) is 0 Å². The van der Waals surface area contributed by atoms with Gasteiger partial charge in [-0.15, -0.1) is 0 Å². The Morgan fingerprint density at radius 3 is 2.29 bits per heavy atom. The number of carbonyl (C=O) groups is 3. The quantitative estimate of drug-likeness (QED) is 0.600. The molecule has 3 amide bonds. The maximum absolute atomic E-state index is 13.1. The average molecular weight is 492 g/mol. The van der Waals surface area contributed by atoms with E-state index in [4.69, 9.17) is 4.74 Å². The number of hydrogen-bond donors (Lipinski definition) is 2. The minimum Gasteiger partial charge on any atom is -0.455 e. The molecule has 9 nitrogen and oxygen atoms in total. The second kappa shape index (κ2) is 10.7. The van der Waals surface area contributed by atoms with Crippen LogP contribution in [0.25, 0.3) is 0 Å². The highest BCUT2D eigenvalue weighted by Gasteiger charge is 2.33. The van der Waals surface area contributed by atoms with Gasteiger partial charge in [0.05, 0.1) is 10.8 Å². The topological polar surface area (TPSA) is 122 Å². The first-order valence-electron chi connectivity index (χ1n) is 10.7. The molecule has 0 atom stereocenters. The van der Waals surface area contributed by atoms with Gasteiger partial charge in [-0.05, 0) is 74.2 Å². The second-order valence-corrected chi connectivity index (χ2v) is 9.98. The van der Waals surface area contributed by atoms with E-state index in [0.29, 0.717) is 5.69 Å². The van der Waals surface area contributed by atoms with Gasteiger partial charge in [-0.1, -0.05) is 6.07 Å². The summed E-state index contributed by atoms with van der Waals surface area (Å²) < 4.78 is 44.6. The van der Waals surface area contributed by atoms with Crippen molar-refractivity contribution in [1.29, 1.82) is 0 Å². The Hall–Kier alpha value is -3.31. The molecule has 1 saturated heterocycles. The summed E-state index contributed by atoms with van der Waals surface area (Å²) in [6.45, 7) is 3.37. The predicted molar refractivity (Wildman–Crippen MR) is 122 cm³/mol. The van der Waals surface area contributed by atoms with E-state index in [0.717, 1.165) is 23.3 Å². The Morgan fingerprint density at radius 1 is 1.03 bits per heavy atom. The zero-order valence-corrected chi connectivity index (χ0v) is 19.7. The van der Waals surface area contributed by atoms with E-state index in [1.165, 1.54) is 16.4 Å². The van der Waals surface area contributed by atoms with Gasteiger partial charge >= 0.3 is 12.0 Å². The van der Waals surface area contributed by atoms with E-state index in [1.54, 1.807) is 12.1 Å². The second-order valence-electron chi connectivity index (χ2n) is 8.04. The molecule has 2 aromatic carbocycles. The van der Waals surface area contributed by atoms with Crippen molar-refractivity contribution < 1.29 is 31.9 Å². The average Bonchev–Trinajstić information content (AvgIpc) is 2.80. The summed E-state index contributed by atoms with van der Waals surface area (Å²) >= 11 is 0. The van der Waals surface area contributed by atoms with E-state index in [2.05, 4.69) is 10.6 Å². The third-order valence-electron chi connectivity index (χ3n) is 5.60. The number of rotatable bonds is 6. The summed E-state index contributed by atoms with van der Waals surface area (Å²) in [6, 6.07) is 9.10. The third kappa shape index (κ3) is 6.39. The number of nitrogens with one attached hydrogen (secondary N) is 2. The minimum absolute atomic E-state index is 0.0225. The van der Waals surface area contributed by atoms with Gasteiger partial charge in [-0.25, -0.2) is 17.6 Å². The number of anilines is 1. The van der Waals surface area contributed by atoms with Crippen molar-refractivity contribution in [2.24, 2.45) is 5.92 Å². The Kier molecular flexibility index (Phi) is 8.00. The molecular formula is C23H26FN3O6S. The molecule has 0 unspecified atom stereocenters. The molecule has 2 aromatic rings. The molecule has 0 spiro atoms. The minimum atomic E-state index is -3.79. The first kappa shape index (κ1) is 25.3. The van der Waals surface area contributed by atoms with Gasteiger partial charge in [0.2, 0.25) is 10.0 Å². The fourth-order valence-corrected chi connectivity index (χ4v) is 4.96. The normalized spacial score (nSPS) is 14.9. The number of aryl methyl sites for hydroxylation is 2. The number of sulfonamides is 1. The fourth-order valence-electron chi connectivity index (χ4n) is 3.49. The smallest absolute Gasteiger partial charge is 0.325 e. The van der Waals surface area contributed by atoms with Crippen LogP contribution in [-0.4, -0.2) is 50.3 Å². The summed E-state index contributed by atoms with van der Waals surface area (Å²) in [6.07, 6.45) is 0.433. The number of imide groups is 1. The van der Waals surface area contributed by atoms with Crippen molar-refractivity contribution in [1.82, 2.24) is 9.62 Å². The van der Waals surface area contributed by atoms with Gasteiger partial charge in [0.25, 0.3) is 5.91 Å². The van der Waals surface area contributed by atoms with Crippen LogP contribution in [0, 0.1) is 25.6 Å². The molecule has 0 aliphatic carbocycles. The van der Waals surface area contributed by atoms with E-state index in [1.807, 2.05) is 19.9 Å². The van der Waals surface area contributed by atoms with Crippen molar-refractivity contribution in [2.45, 2.75) is 31.6 Å². The lowest BCUT2D eigenvalue weighted by Gasteiger charge is -2.30. The number of esters is 1. The Bertz CT molecular complexity index is 1180. The van der Waals surface area contributed by atoms with Crippen LogP contribution in [0.4, 0.5) is 14.9 Å². The van der Waals surface area contributed by atoms with Gasteiger partial charge in [-0.2, -0.15) is 4.31 Å². The van der Waals surface area contributed by atoms with E-state index in [9.17, 15) is 27.2 Å². The number of ether oxygens (including phenoxy) is 1. The summed E-state index contributed by atoms with van der Waals surface area (Å²) in [5, 5.41) is 4.62. The lowest BCUT2D eigenvalue weighted by atomic mass is 9.98. The van der Waals surface area contributed by atoms with Crippen molar-refractivity contribution in [3.05, 3.63) is 59.4 Å². The molecule has 0 bridgehead atoms. The number of halogens is 1. The van der Waals surface area contributed by atoms with Crippen molar-refractivity contribution in [3.8, 4) is 0 Å². The Balaban J connectivity index is 1.43. The van der Waals surface area contributed by atoms with E-state index >= 15 is 0 Å². The van der Waals surface area contributed by atoms with Crippen molar-refractivity contribution >= 4 is 33.6 Å². The van der Waals surface area contributed by atoms with Crippen LogP contribution in [0.2, 0.25) is 0 Å². The molecule has 1 aliphatic rings. The summed E-state index contributed by atoms with van der Waals surface area (Å²) in [5.74, 6) is -2.53. The highest BCUT2D eigenvalue weighted by atomic mass is 32.2. The number of piperidine rings is 1. The van der Waals surface area contributed by atoms with Gasteiger partial charge in [0, 0.05) is 18.8 Å². The summed E-state index contributed by atoms with van der Waals surface area (Å²) in [7, 11) is -3.79. The number of carbonyl (C=O) groups excluding carboxylic acids is 3. The number of nitrogens with zero attached hydrogens (tertiary/aromatic N) is 1. The van der Waals surface area contributed by atoms with Crippen LogP contribution in [0.15, 0.2) is 47.4 Å². The van der Waals surface area contributed by atoms with Gasteiger partial charge in [-0.3, -0.25) is 14.9 Å². The Morgan fingerprint density at radius 2 is 1.68 bits per heavy atom. The van der Waals surface area contributed by atoms with Gasteiger partial charge < -0.3 is 10.1 Å². The predicted octanol–water partition coefficient (Wildman–Crippen LogP) is 2.73. The monoisotopic (exact) mass is 491 g/mol. The molecule has 0 radical (unpaired) electrons. The molecule has 0 aromatic heterocycles. The number of urea groups is 1. The maximum atomic E-state index is 13.1. The summed E-state index contributed by atoms with van der Waals surface area (Å²) in [4.78, 5) is 36.2. The third-order valence-corrected chi connectivity index (χ3v) is 7.51. The van der Waals surface area contributed by atoms with Crippen molar-refractivity contribution in [2.75, 3.05) is 25.0 Å². The van der Waals surface area contributed by atoms with Crippen molar-refractivity contribution in [3.63, 3.8) is 0 Å². The standard InChI is InChI=1S/C23H26FN3O6S/c1-15-3-6-19(13-16(15)2)25-23(30)26-21(28)14-33-22(29)17-9-11-27(12-10-17)34(31,32)20-7-4-18(24)5-8-20/h3-8,13,17H,9-12,14H2,1-2H3,(H2,25,26,28,30). The van der Waals surface area contributed by atoms with Crippen LogP contribution in [-0.2, 0) is 24.3 Å². The number of benzene rings is 2. The highest BCUT2D eigenvalue weighted by molar-refractivity contribution is 7.89. The van der Waals surface area contributed by atoms with Gasteiger partial charge in [0.1, 0.15) is 5.82 Å². The molecule has 11 heteroatoms. The SMILES string of the molecule is Cc1ccc(NC(=O)NC(=O)COC(=O)C2CCN(S(=O)(=O)c3ccc(F)cc3)CC2)cc1C. The first-order valence-corrected chi connectivity index (χ1v) is 12.1. The highest BCUT2D eigenvalue weighted by Crippen LogP contribution is 2.24. The molecule has 1 heterocycles. The molecule has 182 valence electrons. The fraction of sp³-hybridized carbons (Fsp3) is 0.348. The molecule has 2 N–H and O–H groups in total.